The molecule has 24 heavy (non-hydrogen) atoms. The van der Waals surface area contributed by atoms with Crippen LogP contribution in [-0.2, 0) is 21.4 Å². The van der Waals surface area contributed by atoms with Crippen molar-refractivity contribution in [1.29, 1.82) is 0 Å². The van der Waals surface area contributed by atoms with Gasteiger partial charge in [-0.1, -0.05) is 18.2 Å². The fraction of sp³-hybridized carbons (Fsp3) is 0.0769. The average molecular weight is 365 g/mol. The molecular formula is C13H11N5O4S2. The highest BCUT2D eigenvalue weighted by molar-refractivity contribution is 7.92. The molecule has 124 valence electrons. The highest BCUT2D eigenvalue weighted by Crippen LogP contribution is 2.33. The van der Waals surface area contributed by atoms with Crippen molar-refractivity contribution in [2.75, 3.05) is 4.72 Å². The molecular weight excluding hydrogens is 354 g/mol. The number of hydrogen-bond donors (Lipinski definition) is 2. The number of anilines is 1. The smallest absolute Gasteiger partial charge is 0.325 e. The second-order valence-corrected chi connectivity index (χ2v) is 7.23. The third kappa shape index (κ3) is 3.26. The van der Waals surface area contributed by atoms with E-state index in [1.807, 2.05) is 0 Å². The van der Waals surface area contributed by atoms with Crippen LogP contribution >= 0.6 is 11.3 Å². The molecule has 0 radical (unpaired) electrons. The van der Waals surface area contributed by atoms with Gasteiger partial charge in [0.1, 0.15) is 6.54 Å². The van der Waals surface area contributed by atoms with E-state index in [2.05, 4.69) is 20.2 Å². The van der Waals surface area contributed by atoms with Gasteiger partial charge < -0.3 is 5.11 Å². The fourth-order valence-electron chi connectivity index (χ4n) is 1.97. The summed E-state index contributed by atoms with van der Waals surface area (Å²) in [6.07, 6.45) is 0. The van der Waals surface area contributed by atoms with E-state index >= 15 is 0 Å². The summed E-state index contributed by atoms with van der Waals surface area (Å²) in [6, 6.07) is 9.48. The van der Waals surface area contributed by atoms with Crippen LogP contribution in [0.25, 0.3) is 10.7 Å². The van der Waals surface area contributed by atoms with Crippen LogP contribution in [0.2, 0.25) is 0 Å². The lowest BCUT2D eigenvalue weighted by Crippen LogP contribution is -2.14. The molecule has 3 rings (SSSR count). The first-order chi connectivity index (χ1) is 11.5. The third-order valence-corrected chi connectivity index (χ3v) is 5.27. The average Bonchev–Trinajstić information content (AvgIpc) is 3.16. The Bertz CT molecular complexity index is 965. The van der Waals surface area contributed by atoms with Gasteiger partial charge in [0.2, 0.25) is 0 Å². The van der Waals surface area contributed by atoms with E-state index in [0.717, 1.165) is 4.68 Å². The summed E-state index contributed by atoms with van der Waals surface area (Å²) >= 11 is 1.20. The third-order valence-electron chi connectivity index (χ3n) is 2.98. The molecule has 9 nitrogen and oxygen atoms in total. The molecule has 2 N–H and O–H groups in total. The molecule has 0 saturated heterocycles. The molecule has 0 aliphatic heterocycles. The summed E-state index contributed by atoms with van der Waals surface area (Å²) in [6.45, 7) is -0.425. The second kappa shape index (κ2) is 6.37. The van der Waals surface area contributed by atoms with Crippen molar-refractivity contribution in [3.8, 4) is 10.7 Å². The molecule has 0 atom stereocenters. The first-order valence-corrected chi connectivity index (χ1v) is 8.97. The maximum Gasteiger partial charge on any atom is 0.325 e. The van der Waals surface area contributed by atoms with Crippen LogP contribution in [0.4, 0.5) is 5.69 Å². The van der Waals surface area contributed by atoms with E-state index in [9.17, 15) is 13.2 Å². The SMILES string of the molecule is O=C(O)Cn1nnnc1-c1sccc1NS(=O)(=O)c1ccccc1. The normalized spacial score (nSPS) is 11.3. The lowest BCUT2D eigenvalue weighted by molar-refractivity contribution is -0.137. The zero-order chi connectivity index (χ0) is 17.2. The number of benzene rings is 1. The minimum atomic E-state index is -3.77. The Balaban J connectivity index is 1.95. The minimum absolute atomic E-state index is 0.118. The second-order valence-electron chi connectivity index (χ2n) is 4.64. The van der Waals surface area contributed by atoms with E-state index in [1.54, 1.807) is 29.6 Å². The number of nitrogens with zero attached hydrogens (tertiary/aromatic N) is 4. The Morgan fingerprint density at radius 2 is 2.00 bits per heavy atom. The van der Waals surface area contributed by atoms with Crippen molar-refractivity contribution >= 4 is 33.0 Å². The molecule has 1 aromatic carbocycles. The number of carboxylic acids is 1. The van der Waals surface area contributed by atoms with Gasteiger partial charge in [-0.05, 0) is 34.0 Å². The predicted molar refractivity (Wildman–Crippen MR) is 86.0 cm³/mol. The molecule has 11 heteroatoms. The number of rotatable bonds is 6. The molecule has 0 spiro atoms. The van der Waals surface area contributed by atoms with Crippen molar-refractivity contribution in [1.82, 2.24) is 20.2 Å². The van der Waals surface area contributed by atoms with Crippen LogP contribution in [0.15, 0.2) is 46.7 Å². The number of thiophene rings is 1. The molecule has 0 unspecified atom stereocenters. The highest BCUT2D eigenvalue weighted by atomic mass is 32.2. The van der Waals surface area contributed by atoms with Gasteiger partial charge in [0.25, 0.3) is 10.0 Å². The molecule has 0 aliphatic rings. The standard InChI is InChI=1S/C13H11N5O4S2/c19-11(20)8-18-13(14-16-17-18)12-10(6-7-23-12)15-24(21,22)9-4-2-1-3-5-9/h1-7,15H,8H2,(H,19,20). The van der Waals surface area contributed by atoms with Gasteiger partial charge in [-0.3, -0.25) is 9.52 Å². The summed E-state index contributed by atoms with van der Waals surface area (Å²) in [5.41, 5.74) is 0.283. The van der Waals surface area contributed by atoms with E-state index < -0.39 is 22.5 Å². The Morgan fingerprint density at radius 3 is 2.71 bits per heavy atom. The van der Waals surface area contributed by atoms with Crippen LogP contribution in [0, 0.1) is 0 Å². The molecule has 0 fully saturated rings. The van der Waals surface area contributed by atoms with E-state index in [4.69, 9.17) is 5.11 Å². The number of carboxylic acid groups (broad SMARTS) is 1. The maximum absolute atomic E-state index is 12.4. The van der Waals surface area contributed by atoms with Crippen molar-refractivity contribution in [3.05, 3.63) is 41.8 Å². The number of carbonyl (C=O) groups is 1. The topological polar surface area (TPSA) is 127 Å². The summed E-state index contributed by atoms with van der Waals surface area (Å²) < 4.78 is 28.4. The highest BCUT2D eigenvalue weighted by Gasteiger charge is 2.21. The Hall–Kier alpha value is -2.79. The molecule has 0 aliphatic carbocycles. The molecule has 0 saturated carbocycles. The van der Waals surface area contributed by atoms with Crippen LogP contribution < -0.4 is 4.72 Å². The molecule has 2 aromatic heterocycles. The zero-order valence-corrected chi connectivity index (χ0v) is 13.7. The van der Waals surface area contributed by atoms with E-state index in [-0.39, 0.29) is 16.4 Å². The molecule has 0 bridgehead atoms. The maximum atomic E-state index is 12.4. The van der Waals surface area contributed by atoms with Gasteiger partial charge in [0, 0.05) is 0 Å². The van der Waals surface area contributed by atoms with Crippen LogP contribution in [0.1, 0.15) is 0 Å². The predicted octanol–water partition coefficient (Wildman–Crippen LogP) is 1.29. The number of aliphatic carboxylic acids is 1. The first-order valence-electron chi connectivity index (χ1n) is 6.61. The van der Waals surface area contributed by atoms with E-state index in [1.165, 1.54) is 23.5 Å². The lowest BCUT2D eigenvalue weighted by Gasteiger charge is -2.08. The number of nitrogens with one attached hydrogen (secondary N) is 1. The summed E-state index contributed by atoms with van der Waals surface area (Å²) in [5, 5.41) is 21.4. The van der Waals surface area contributed by atoms with Crippen molar-refractivity contribution in [2.24, 2.45) is 0 Å². The Kier molecular flexibility index (Phi) is 4.27. The summed E-state index contributed by atoms with van der Waals surface area (Å²) in [5.74, 6) is -0.926. The molecule has 0 amide bonds. The van der Waals surface area contributed by atoms with Gasteiger partial charge in [-0.2, -0.15) is 0 Å². The molecule has 2 heterocycles. The van der Waals surface area contributed by atoms with E-state index in [0.29, 0.717) is 4.88 Å². The zero-order valence-electron chi connectivity index (χ0n) is 12.0. The van der Waals surface area contributed by atoms with Crippen molar-refractivity contribution in [3.63, 3.8) is 0 Å². The van der Waals surface area contributed by atoms with Gasteiger partial charge in [-0.15, -0.1) is 16.4 Å². The first kappa shape index (κ1) is 16.1. The number of tetrazole rings is 1. The largest absolute Gasteiger partial charge is 0.480 e. The van der Waals surface area contributed by atoms with Crippen LogP contribution in [0.3, 0.4) is 0 Å². The van der Waals surface area contributed by atoms with Gasteiger partial charge in [0.15, 0.2) is 5.82 Å². The summed E-state index contributed by atoms with van der Waals surface area (Å²) in [7, 11) is -3.77. The minimum Gasteiger partial charge on any atom is -0.480 e. The quantitative estimate of drug-likeness (QED) is 0.673. The van der Waals surface area contributed by atoms with Gasteiger partial charge in [0.05, 0.1) is 15.5 Å². The van der Waals surface area contributed by atoms with Gasteiger partial charge >= 0.3 is 5.97 Å². The van der Waals surface area contributed by atoms with Crippen molar-refractivity contribution < 1.29 is 18.3 Å². The Labute approximate surface area is 140 Å². The Morgan fingerprint density at radius 1 is 1.25 bits per heavy atom. The van der Waals surface area contributed by atoms with Crippen molar-refractivity contribution in [2.45, 2.75) is 11.4 Å². The lowest BCUT2D eigenvalue weighted by atomic mass is 10.4. The number of aromatic nitrogens is 4. The van der Waals surface area contributed by atoms with Gasteiger partial charge in [-0.25, -0.2) is 13.1 Å². The summed E-state index contributed by atoms with van der Waals surface area (Å²) in [4.78, 5) is 11.4. The van der Waals surface area contributed by atoms with Crippen LogP contribution in [0.5, 0.6) is 0 Å². The molecule has 3 aromatic rings. The number of hydrogen-bond acceptors (Lipinski definition) is 7. The number of sulfonamides is 1. The van der Waals surface area contributed by atoms with Crippen LogP contribution in [-0.4, -0.2) is 39.7 Å². The monoisotopic (exact) mass is 365 g/mol. The fourth-order valence-corrected chi connectivity index (χ4v) is 3.96.